The van der Waals surface area contributed by atoms with Gasteiger partial charge < -0.3 is 10.6 Å². The molecule has 0 saturated carbocycles. The first-order chi connectivity index (χ1) is 14.0. The largest absolute Gasteiger partial charge is 0.346 e. The van der Waals surface area contributed by atoms with Crippen molar-refractivity contribution in [3.05, 3.63) is 107 Å². The molecule has 1 atom stereocenters. The number of carbonyl (C=O) groups is 2. The fraction of sp³-hybridized carbons (Fsp3) is 0.0833. The van der Waals surface area contributed by atoms with Crippen LogP contribution in [0.5, 0.6) is 0 Å². The number of halogens is 1. The minimum Gasteiger partial charge on any atom is -0.346 e. The van der Waals surface area contributed by atoms with Gasteiger partial charge in [-0.3, -0.25) is 9.59 Å². The Hall–Kier alpha value is -3.37. The zero-order valence-corrected chi connectivity index (χ0v) is 16.7. The first-order valence-corrected chi connectivity index (χ1v) is 9.60. The van der Waals surface area contributed by atoms with Gasteiger partial charge >= 0.3 is 0 Å². The van der Waals surface area contributed by atoms with E-state index in [2.05, 4.69) is 10.6 Å². The van der Waals surface area contributed by atoms with Gasteiger partial charge in [-0.05, 0) is 48.4 Å². The van der Waals surface area contributed by atoms with E-state index in [9.17, 15) is 9.59 Å². The van der Waals surface area contributed by atoms with Crippen LogP contribution in [0.25, 0.3) is 6.08 Å². The van der Waals surface area contributed by atoms with Gasteiger partial charge in [0.15, 0.2) is 0 Å². The first-order valence-electron chi connectivity index (χ1n) is 9.22. The van der Waals surface area contributed by atoms with Crippen LogP contribution >= 0.6 is 11.6 Å². The van der Waals surface area contributed by atoms with E-state index in [-0.39, 0.29) is 17.9 Å². The summed E-state index contributed by atoms with van der Waals surface area (Å²) in [5, 5.41) is 6.30. The van der Waals surface area contributed by atoms with E-state index >= 15 is 0 Å². The third-order valence-electron chi connectivity index (χ3n) is 4.36. The molecule has 0 radical (unpaired) electrons. The molecule has 0 aliphatic rings. The number of rotatable bonds is 6. The van der Waals surface area contributed by atoms with Gasteiger partial charge in [-0.15, -0.1) is 0 Å². The van der Waals surface area contributed by atoms with Crippen molar-refractivity contribution in [1.29, 1.82) is 0 Å². The summed E-state index contributed by atoms with van der Waals surface area (Å²) >= 11 is 6.08. The summed E-state index contributed by atoms with van der Waals surface area (Å²) in [5.74, 6) is -0.510. The summed E-state index contributed by atoms with van der Waals surface area (Å²) in [6.07, 6.45) is 3.06. The SMILES string of the molecule is CC(NC(=O)c1cccc(NC(=O)/C=C/c2ccccc2Cl)c1)c1ccccc1. The number of amides is 2. The van der Waals surface area contributed by atoms with Gasteiger partial charge in [-0.1, -0.05) is 66.2 Å². The molecule has 2 amide bonds. The lowest BCUT2D eigenvalue weighted by Gasteiger charge is -2.14. The van der Waals surface area contributed by atoms with Crippen LogP contribution in [0.1, 0.15) is 34.5 Å². The Morgan fingerprint density at radius 1 is 0.931 bits per heavy atom. The van der Waals surface area contributed by atoms with E-state index in [1.807, 2.05) is 55.5 Å². The zero-order valence-electron chi connectivity index (χ0n) is 15.9. The Labute approximate surface area is 175 Å². The van der Waals surface area contributed by atoms with E-state index in [0.717, 1.165) is 11.1 Å². The second kappa shape index (κ2) is 9.71. The molecule has 0 aromatic heterocycles. The Morgan fingerprint density at radius 3 is 2.41 bits per heavy atom. The minimum absolute atomic E-state index is 0.125. The topological polar surface area (TPSA) is 58.2 Å². The van der Waals surface area contributed by atoms with Gasteiger partial charge in [0.25, 0.3) is 5.91 Å². The van der Waals surface area contributed by atoms with Crippen molar-refractivity contribution in [3.8, 4) is 0 Å². The smallest absolute Gasteiger partial charge is 0.251 e. The lowest BCUT2D eigenvalue weighted by Crippen LogP contribution is -2.26. The molecule has 0 bridgehead atoms. The third-order valence-corrected chi connectivity index (χ3v) is 4.70. The Morgan fingerprint density at radius 2 is 1.66 bits per heavy atom. The molecule has 3 aromatic carbocycles. The number of benzene rings is 3. The summed E-state index contributed by atoms with van der Waals surface area (Å²) in [6, 6.07) is 23.7. The second-order valence-corrected chi connectivity index (χ2v) is 6.94. The number of nitrogens with one attached hydrogen (secondary N) is 2. The standard InChI is InChI=1S/C24H21ClN2O2/c1-17(18-8-3-2-4-9-18)26-24(29)20-11-7-12-21(16-20)27-23(28)15-14-19-10-5-6-13-22(19)25/h2-17H,1H3,(H,26,29)(H,27,28)/b15-14+. The number of carbonyl (C=O) groups excluding carboxylic acids is 2. The van der Waals surface area contributed by atoms with E-state index in [4.69, 9.17) is 11.6 Å². The molecule has 3 rings (SSSR count). The van der Waals surface area contributed by atoms with Crippen molar-refractivity contribution in [3.63, 3.8) is 0 Å². The molecule has 0 spiro atoms. The third kappa shape index (κ3) is 5.80. The lowest BCUT2D eigenvalue weighted by molar-refractivity contribution is -0.111. The predicted octanol–water partition coefficient (Wildman–Crippen LogP) is 5.48. The van der Waals surface area contributed by atoms with Crippen LogP contribution in [0.15, 0.2) is 84.9 Å². The van der Waals surface area contributed by atoms with Crippen LogP contribution in [0.4, 0.5) is 5.69 Å². The fourth-order valence-corrected chi connectivity index (χ4v) is 3.00. The molecule has 0 aliphatic carbocycles. The highest BCUT2D eigenvalue weighted by atomic mass is 35.5. The maximum Gasteiger partial charge on any atom is 0.251 e. The molecule has 146 valence electrons. The molecule has 0 saturated heterocycles. The van der Waals surface area contributed by atoms with Crippen molar-refractivity contribution in [2.24, 2.45) is 0 Å². The maximum atomic E-state index is 12.6. The Kier molecular flexibility index (Phi) is 6.82. The van der Waals surface area contributed by atoms with Crippen molar-refractivity contribution < 1.29 is 9.59 Å². The van der Waals surface area contributed by atoms with E-state index in [1.54, 1.807) is 36.4 Å². The Balaban J connectivity index is 1.63. The fourth-order valence-electron chi connectivity index (χ4n) is 2.80. The van der Waals surface area contributed by atoms with Crippen molar-refractivity contribution in [2.75, 3.05) is 5.32 Å². The van der Waals surface area contributed by atoms with Crippen LogP contribution in [-0.4, -0.2) is 11.8 Å². The highest BCUT2D eigenvalue weighted by Gasteiger charge is 2.12. The van der Waals surface area contributed by atoms with E-state index < -0.39 is 0 Å². The van der Waals surface area contributed by atoms with E-state index in [1.165, 1.54) is 6.08 Å². The van der Waals surface area contributed by atoms with Gasteiger partial charge in [0.2, 0.25) is 5.91 Å². The first kappa shape index (κ1) is 20.4. The summed E-state index contributed by atoms with van der Waals surface area (Å²) in [5.41, 5.74) is 2.79. The lowest BCUT2D eigenvalue weighted by atomic mass is 10.1. The summed E-state index contributed by atoms with van der Waals surface area (Å²) in [4.78, 5) is 24.8. The molecule has 0 fully saturated rings. The number of hydrogen-bond acceptors (Lipinski definition) is 2. The molecule has 29 heavy (non-hydrogen) atoms. The predicted molar refractivity (Wildman–Crippen MR) is 118 cm³/mol. The van der Waals surface area contributed by atoms with Crippen molar-refractivity contribution in [2.45, 2.75) is 13.0 Å². The summed E-state index contributed by atoms with van der Waals surface area (Å²) < 4.78 is 0. The average Bonchev–Trinajstić information content (AvgIpc) is 2.74. The second-order valence-electron chi connectivity index (χ2n) is 6.53. The van der Waals surface area contributed by atoms with Gasteiger partial charge in [-0.2, -0.15) is 0 Å². The molecule has 2 N–H and O–H groups in total. The summed E-state index contributed by atoms with van der Waals surface area (Å²) in [7, 11) is 0. The van der Waals surface area contributed by atoms with Crippen LogP contribution < -0.4 is 10.6 Å². The summed E-state index contributed by atoms with van der Waals surface area (Å²) in [6.45, 7) is 1.93. The van der Waals surface area contributed by atoms with Crippen LogP contribution in [-0.2, 0) is 4.79 Å². The quantitative estimate of drug-likeness (QED) is 0.534. The zero-order chi connectivity index (χ0) is 20.6. The molecule has 3 aromatic rings. The number of hydrogen-bond donors (Lipinski definition) is 2. The molecule has 4 nitrogen and oxygen atoms in total. The van der Waals surface area contributed by atoms with Crippen LogP contribution in [0.2, 0.25) is 5.02 Å². The molecule has 0 aliphatic heterocycles. The maximum absolute atomic E-state index is 12.6. The molecular weight excluding hydrogens is 384 g/mol. The van der Waals surface area contributed by atoms with Gasteiger partial charge in [0.05, 0.1) is 6.04 Å². The monoisotopic (exact) mass is 404 g/mol. The molecular formula is C24H21ClN2O2. The molecule has 5 heteroatoms. The van der Waals surface area contributed by atoms with Gasteiger partial charge in [-0.25, -0.2) is 0 Å². The van der Waals surface area contributed by atoms with Crippen molar-refractivity contribution >= 4 is 35.2 Å². The van der Waals surface area contributed by atoms with E-state index in [0.29, 0.717) is 16.3 Å². The highest BCUT2D eigenvalue weighted by molar-refractivity contribution is 6.32. The number of anilines is 1. The average molecular weight is 405 g/mol. The van der Waals surface area contributed by atoms with Crippen molar-refractivity contribution in [1.82, 2.24) is 5.32 Å². The van der Waals surface area contributed by atoms with Gasteiger partial charge in [0.1, 0.15) is 0 Å². The van der Waals surface area contributed by atoms with Gasteiger partial charge in [0, 0.05) is 22.3 Å². The highest BCUT2D eigenvalue weighted by Crippen LogP contribution is 2.17. The minimum atomic E-state index is -0.305. The van der Waals surface area contributed by atoms with Crippen LogP contribution in [0, 0.1) is 0 Å². The molecule has 0 heterocycles. The normalized spacial score (nSPS) is 11.8. The van der Waals surface area contributed by atoms with Crippen LogP contribution in [0.3, 0.4) is 0 Å². The Bertz CT molecular complexity index is 1030. The molecule has 1 unspecified atom stereocenters.